The molecule has 30 heavy (non-hydrogen) atoms. The van der Waals surface area contributed by atoms with Crippen molar-refractivity contribution in [3.05, 3.63) is 99.5 Å². The van der Waals surface area contributed by atoms with E-state index in [1.807, 2.05) is 36.4 Å². The van der Waals surface area contributed by atoms with Crippen LogP contribution in [0.25, 0.3) is 0 Å². The first kappa shape index (κ1) is 21.5. The van der Waals surface area contributed by atoms with Gasteiger partial charge >= 0.3 is 0 Å². The van der Waals surface area contributed by atoms with Gasteiger partial charge in [-0.25, -0.2) is 8.42 Å². The van der Waals surface area contributed by atoms with E-state index in [2.05, 4.69) is 45.1 Å². The molecular weight excluding hydrogens is 484 g/mol. The van der Waals surface area contributed by atoms with Crippen molar-refractivity contribution in [1.82, 2.24) is 9.21 Å². The molecule has 0 aliphatic carbocycles. The standard InChI is InChI=1S/C23H22BrClN2O2S/c24-21-17-20(25)11-12-22(21)30(28,29)27-15-13-26(14-16-27)23(18-7-3-1-4-8-18)19-9-5-2-6-10-19/h1-12,17,23H,13-16H2. The lowest BCUT2D eigenvalue weighted by atomic mass is 9.96. The molecule has 1 heterocycles. The van der Waals surface area contributed by atoms with Crippen molar-refractivity contribution in [3.63, 3.8) is 0 Å². The molecule has 0 radical (unpaired) electrons. The predicted octanol–water partition coefficient (Wildman–Crippen LogP) is 5.20. The van der Waals surface area contributed by atoms with E-state index in [4.69, 9.17) is 11.6 Å². The van der Waals surface area contributed by atoms with Gasteiger partial charge < -0.3 is 0 Å². The van der Waals surface area contributed by atoms with Gasteiger partial charge in [-0.3, -0.25) is 4.90 Å². The summed E-state index contributed by atoms with van der Waals surface area (Å²) in [6.45, 7) is 2.18. The molecule has 3 aromatic carbocycles. The van der Waals surface area contributed by atoms with E-state index in [9.17, 15) is 8.42 Å². The largest absolute Gasteiger partial charge is 0.290 e. The van der Waals surface area contributed by atoms with Crippen molar-refractivity contribution in [2.75, 3.05) is 26.2 Å². The third-order valence-corrected chi connectivity index (χ3v) is 8.49. The molecule has 1 aliphatic heterocycles. The molecule has 3 aromatic rings. The van der Waals surface area contributed by atoms with Crippen LogP contribution in [0.1, 0.15) is 17.2 Å². The molecule has 0 aromatic heterocycles. The van der Waals surface area contributed by atoms with Gasteiger partial charge in [0.1, 0.15) is 0 Å². The van der Waals surface area contributed by atoms with Gasteiger partial charge in [0, 0.05) is 35.7 Å². The molecule has 0 atom stereocenters. The fraction of sp³-hybridized carbons (Fsp3) is 0.217. The summed E-state index contributed by atoms with van der Waals surface area (Å²) in [4.78, 5) is 2.61. The number of nitrogens with zero attached hydrogens (tertiary/aromatic N) is 2. The average molecular weight is 506 g/mol. The first-order valence-corrected chi connectivity index (χ1v) is 12.4. The van der Waals surface area contributed by atoms with Crippen LogP contribution in [-0.4, -0.2) is 43.8 Å². The van der Waals surface area contributed by atoms with Gasteiger partial charge in [0.05, 0.1) is 10.9 Å². The topological polar surface area (TPSA) is 40.6 Å². The highest BCUT2D eigenvalue weighted by molar-refractivity contribution is 9.10. The van der Waals surface area contributed by atoms with E-state index < -0.39 is 10.0 Å². The van der Waals surface area contributed by atoms with Crippen LogP contribution in [0, 0.1) is 0 Å². The second-order valence-electron chi connectivity index (χ2n) is 7.24. The lowest BCUT2D eigenvalue weighted by Crippen LogP contribution is -2.49. The molecule has 0 saturated carbocycles. The third kappa shape index (κ3) is 4.48. The maximum atomic E-state index is 13.2. The summed E-state index contributed by atoms with van der Waals surface area (Å²) in [6, 6.07) is 25.6. The van der Waals surface area contributed by atoms with Crippen LogP contribution in [0.5, 0.6) is 0 Å². The second kappa shape index (κ2) is 9.20. The van der Waals surface area contributed by atoms with Gasteiger partial charge in [-0.15, -0.1) is 0 Å². The lowest BCUT2D eigenvalue weighted by Gasteiger charge is -2.39. The third-order valence-electron chi connectivity index (χ3n) is 5.38. The maximum Gasteiger partial charge on any atom is 0.244 e. The zero-order valence-corrected chi connectivity index (χ0v) is 19.4. The van der Waals surface area contributed by atoms with Crippen LogP contribution in [0.15, 0.2) is 88.2 Å². The van der Waals surface area contributed by atoms with Gasteiger partial charge in [0.2, 0.25) is 10.0 Å². The van der Waals surface area contributed by atoms with E-state index in [0.717, 1.165) is 0 Å². The summed E-state index contributed by atoms with van der Waals surface area (Å²) in [7, 11) is -3.59. The van der Waals surface area contributed by atoms with Gasteiger partial charge in [0.15, 0.2) is 0 Å². The van der Waals surface area contributed by atoms with E-state index >= 15 is 0 Å². The number of benzene rings is 3. The summed E-state index contributed by atoms with van der Waals surface area (Å²) in [6.07, 6.45) is 0. The van der Waals surface area contributed by atoms with Crippen LogP contribution in [0.3, 0.4) is 0 Å². The molecule has 1 aliphatic rings. The van der Waals surface area contributed by atoms with Crippen LogP contribution in [0.2, 0.25) is 5.02 Å². The lowest BCUT2D eigenvalue weighted by molar-refractivity contribution is 0.156. The summed E-state index contributed by atoms with van der Waals surface area (Å²) in [5.74, 6) is 0. The molecule has 0 N–H and O–H groups in total. The number of rotatable bonds is 5. The van der Waals surface area contributed by atoms with Crippen molar-refractivity contribution >= 4 is 37.6 Å². The number of halogens is 2. The van der Waals surface area contributed by atoms with Crippen LogP contribution < -0.4 is 0 Å². The van der Waals surface area contributed by atoms with Crippen molar-refractivity contribution in [1.29, 1.82) is 0 Å². The zero-order valence-electron chi connectivity index (χ0n) is 16.3. The Morgan fingerprint density at radius 1 is 0.800 bits per heavy atom. The Labute approximate surface area is 191 Å². The van der Waals surface area contributed by atoms with E-state index in [-0.39, 0.29) is 10.9 Å². The smallest absolute Gasteiger partial charge is 0.244 e. The average Bonchev–Trinajstić information content (AvgIpc) is 2.76. The molecule has 0 bridgehead atoms. The normalized spacial score (nSPS) is 16.1. The minimum atomic E-state index is -3.59. The van der Waals surface area contributed by atoms with E-state index in [1.54, 1.807) is 22.5 Å². The van der Waals surface area contributed by atoms with Gasteiger partial charge in [0.25, 0.3) is 0 Å². The highest BCUT2D eigenvalue weighted by Gasteiger charge is 2.33. The molecule has 156 valence electrons. The van der Waals surface area contributed by atoms with Crippen molar-refractivity contribution in [3.8, 4) is 0 Å². The van der Waals surface area contributed by atoms with Crippen LogP contribution in [-0.2, 0) is 10.0 Å². The predicted molar refractivity (Wildman–Crippen MR) is 124 cm³/mol. The zero-order chi connectivity index (χ0) is 21.1. The number of piperazine rings is 1. The SMILES string of the molecule is O=S(=O)(c1ccc(Cl)cc1Br)N1CCN(C(c2ccccc2)c2ccccc2)CC1. The number of hydrogen-bond acceptors (Lipinski definition) is 3. The van der Waals surface area contributed by atoms with Crippen LogP contribution in [0.4, 0.5) is 0 Å². The Morgan fingerprint density at radius 2 is 1.33 bits per heavy atom. The Hall–Kier alpha value is -1.70. The molecule has 4 rings (SSSR count). The Kier molecular flexibility index (Phi) is 6.60. The monoisotopic (exact) mass is 504 g/mol. The summed E-state index contributed by atoms with van der Waals surface area (Å²) < 4.78 is 28.4. The summed E-state index contributed by atoms with van der Waals surface area (Å²) in [5, 5.41) is 0.499. The fourth-order valence-corrected chi connectivity index (χ4v) is 6.67. The van der Waals surface area contributed by atoms with Gasteiger partial charge in [-0.2, -0.15) is 4.31 Å². The van der Waals surface area contributed by atoms with Crippen LogP contribution >= 0.6 is 27.5 Å². The minimum Gasteiger partial charge on any atom is -0.290 e. The molecule has 7 heteroatoms. The first-order valence-electron chi connectivity index (χ1n) is 9.76. The molecule has 4 nitrogen and oxygen atoms in total. The molecule has 1 saturated heterocycles. The minimum absolute atomic E-state index is 0.0968. The molecule has 0 spiro atoms. The first-order chi connectivity index (χ1) is 14.5. The maximum absolute atomic E-state index is 13.2. The highest BCUT2D eigenvalue weighted by atomic mass is 79.9. The van der Waals surface area contributed by atoms with E-state index in [0.29, 0.717) is 35.7 Å². The van der Waals surface area contributed by atoms with Crippen molar-refractivity contribution in [2.24, 2.45) is 0 Å². The Morgan fingerprint density at radius 3 is 1.83 bits per heavy atom. The summed E-state index contributed by atoms with van der Waals surface area (Å²) in [5.41, 5.74) is 2.42. The highest BCUT2D eigenvalue weighted by Crippen LogP contribution is 2.32. The number of sulfonamides is 1. The number of hydrogen-bond donors (Lipinski definition) is 0. The Bertz CT molecular complexity index is 1060. The molecule has 0 unspecified atom stereocenters. The summed E-state index contributed by atoms with van der Waals surface area (Å²) >= 11 is 9.32. The Balaban J connectivity index is 1.56. The van der Waals surface area contributed by atoms with Gasteiger partial charge in [-0.05, 0) is 45.3 Å². The quantitative estimate of drug-likeness (QED) is 0.479. The fourth-order valence-electron chi connectivity index (χ4n) is 3.91. The molecule has 0 amide bonds. The molecule has 1 fully saturated rings. The van der Waals surface area contributed by atoms with E-state index in [1.165, 1.54) is 11.1 Å². The van der Waals surface area contributed by atoms with Crippen molar-refractivity contribution in [2.45, 2.75) is 10.9 Å². The van der Waals surface area contributed by atoms with Gasteiger partial charge in [-0.1, -0.05) is 72.3 Å². The second-order valence-corrected chi connectivity index (χ2v) is 10.4. The van der Waals surface area contributed by atoms with Crippen molar-refractivity contribution < 1.29 is 8.42 Å². The molecular formula is C23H22BrClN2O2S.